The number of nitrogens with one attached hydrogen (secondary N) is 2. The van der Waals surface area contributed by atoms with Crippen LogP contribution in [-0.4, -0.2) is 137 Å². The number of nitrogens with two attached hydrogens (primary N) is 1. The summed E-state index contributed by atoms with van der Waals surface area (Å²) in [6.07, 6.45) is 20.4. The molecular weight excluding hydrogens is 1080 g/mol. The molecule has 12 heterocycles. The number of likely N-dealkylation sites (tertiary alicyclic amines) is 2. The van der Waals surface area contributed by atoms with Crippen molar-refractivity contribution in [3.8, 4) is 34.2 Å². The van der Waals surface area contributed by atoms with E-state index in [0.717, 1.165) is 92.0 Å². The van der Waals surface area contributed by atoms with Crippen LogP contribution in [0.2, 0.25) is 0 Å². The van der Waals surface area contributed by atoms with Crippen molar-refractivity contribution in [2.24, 2.45) is 17.6 Å². The minimum atomic E-state index is -0.898. The van der Waals surface area contributed by atoms with Crippen LogP contribution in [0, 0.1) is 29.3 Å². The SMILES string of the molecule is CC(C)(C)OC(=O)N1CCC[C@@H](Cc2nc(-c3cnn4ccccc34)ncc2F)C1.CC(C)(C)OC(=O)N1CCC[C@@H](N)C1.Fc1cnc(-c2cnn3ccccc23)nc1C[C@@H]1CCCNC1.O=c1[nH]c(-c2cnn3ccccc23)ncc1F. The van der Waals surface area contributed by atoms with Gasteiger partial charge in [-0.15, -0.1) is 0 Å². The molecule has 9 aromatic heterocycles. The maximum Gasteiger partial charge on any atom is 0.410 e. The number of fused-ring (bicyclic) bond motifs is 3. The summed E-state index contributed by atoms with van der Waals surface area (Å²) >= 11 is 0. The molecule has 24 heteroatoms. The number of hydrogen-bond acceptors (Lipinski definition) is 15. The molecule has 4 N–H and O–H groups in total. The Bertz CT molecular complexity index is 3750. The molecular formula is C60H71F3N16O5. The molecule has 442 valence electrons. The van der Waals surface area contributed by atoms with Gasteiger partial charge in [0.25, 0.3) is 5.56 Å². The molecule has 3 atom stereocenters. The standard InChI is InChI=1S/C22H26FN5O2.C17H18FN5.C11H7FN4O.C10H20N2O2/c1-22(2,3)30-21(29)27-9-6-7-15(14-27)11-18-17(23)13-24-20(26-18)16-12-25-28-10-5-4-8-19(16)28;18-14-11-20-17(13-10-21-23-7-2-1-5-16(13)23)22-15(14)8-12-4-3-6-19-9-12;12-8-6-13-10(15-11(8)17)7-5-14-16-4-2-1-3-9(7)16;1-10(2,3)14-9(13)12-6-4-5-8(11)7-12/h4-5,8,10,12-13,15H,6-7,9,11,14H2,1-3H3;1-2,5,7,10-12,19H,3-4,6,8-9H2;1-6H,(H,13,15,17);8H,4-7,11H2,1-3H3/t15-;12-;;8-/m00.1/s1. The summed E-state index contributed by atoms with van der Waals surface area (Å²) in [5.41, 5.74) is 9.72. The Kier molecular flexibility index (Phi) is 19.1. The summed E-state index contributed by atoms with van der Waals surface area (Å²) in [4.78, 5) is 62.2. The molecule has 2 amide bonds. The van der Waals surface area contributed by atoms with Gasteiger partial charge in [0.15, 0.2) is 23.3 Å². The predicted molar refractivity (Wildman–Crippen MR) is 310 cm³/mol. The minimum Gasteiger partial charge on any atom is -0.444 e. The Labute approximate surface area is 483 Å². The van der Waals surface area contributed by atoms with Crippen molar-refractivity contribution in [2.75, 3.05) is 39.3 Å². The number of hydrogen-bond donors (Lipinski definition) is 3. The van der Waals surface area contributed by atoms with Crippen LogP contribution in [0.3, 0.4) is 0 Å². The number of aromatic amines is 1. The molecule has 12 rings (SSSR count). The Hall–Kier alpha value is -8.64. The van der Waals surface area contributed by atoms with E-state index < -0.39 is 28.4 Å². The van der Waals surface area contributed by atoms with E-state index in [1.807, 2.05) is 109 Å². The van der Waals surface area contributed by atoms with Gasteiger partial charge in [0.1, 0.15) is 17.0 Å². The number of ether oxygens (including phenoxy) is 2. The second-order valence-corrected chi connectivity index (χ2v) is 23.0. The Balaban J connectivity index is 0.000000140. The van der Waals surface area contributed by atoms with E-state index in [9.17, 15) is 27.6 Å². The van der Waals surface area contributed by atoms with Crippen molar-refractivity contribution in [2.45, 2.75) is 110 Å². The average molecular weight is 1150 g/mol. The van der Waals surface area contributed by atoms with Gasteiger partial charge >= 0.3 is 12.2 Å². The van der Waals surface area contributed by atoms with Crippen LogP contribution in [0.5, 0.6) is 0 Å². The fourth-order valence-electron chi connectivity index (χ4n) is 10.1. The van der Waals surface area contributed by atoms with Crippen molar-refractivity contribution >= 4 is 28.7 Å². The fraction of sp³-hybridized carbons (Fsp3) is 0.417. The van der Waals surface area contributed by atoms with Gasteiger partial charge in [-0.2, -0.15) is 19.7 Å². The van der Waals surface area contributed by atoms with Crippen molar-refractivity contribution in [1.82, 2.24) is 73.9 Å². The number of carbonyl (C=O) groups is 2. The van der Waals surface area contributed by atoms with Crippen molar-refractivity contribution in [3.05, 3.63) is 150 Å². The first-order chi connectivity index (χ1) is 40.2. The molecule has 0 unspecified atom stereocenters. The van der Waals surface area contributed by atoms with Crippen LogP contribution < -0.4 is 16.6 Å². The van der Waals surface area contributed by atoms with E-state index in [1.54, 1.807) is 48.1 Å². The van der Waals surface area contributed by atoms with Gasteiger partial charge in [-0.1, -0.05) is 18.2 Å². The zero-order chi connectivity index (χ0) is 59.5. The summed E-state index contributed by atoms with van der Waals surface area (Å²) in [6, 6.07) is 17.2. The molecule has 0 aromatic carbocycles. The molecule has 0 aliphatic carbocycles. The van der Waals surface area contributed by atoms with Gasteiger partial charge in [0, 0.05) is 50.8 Å². The lowest BCUT2D eigenvalue weighted by Crippen LogP contribution is -2.47. The third kappa shape index (κ3) is 15.7. The molecule has 3 fully saturated rings. The van der Waals surface area contributed by atoms with Gasteiger partial charge in [0.05, 0.1) is 81.8 Å². The first-order valence-electron chi connectivity index (χ1n) is 28.2. The quantitative estimate of drug-likeness (QED) is 0.135. The number of halogens is 3. The zero-order valence-corrected chi connectivity index (χ0v) is 48.1. The maximum atomic E-state index is 14.5. The van der Waals surface area contributed by atoms with E-state index in [4.69, 9.17) is 15.2 Å². The van der Waals surface area contributed by atoms with E-state index in [2.05, 4.69) is 50.5 Å². The number of rotatable bonds is 7. The average Bonchev–Trinajstić information content (AvgIpc) is 4.05. The number of pyridine rings is 3. The molecule has 3 saturated heterocycles. The smallest absolute Gasteiger partial charge is 0.410 e. The lowest BCUT2D eigenvalue weighted by atomic mass is 9.93. The highest BCUT2D eigenvalue weighted by Gasteiger charge is 2.30. The second kappa shape index (κ2) is 26.7. The summed E-state index contributed by atoms with van der Waals surface area (Å²) in [6.45, 7) is 15.7. The normalized spacial score (nSPS) is 17.3. The van der Waals surface area contributed by atoms with Crippen molar-refractivity contribution in [1.29, 1.82) is 0 Å². The molecule has 9 aromatic rings. The molecule has 3 aliphatic rings. The molecule has 0 spiro atoms. The third-order valence-electron chi connectivity index (χ3n) is 14.0. The molecule has 0 radical (unpaired) electrons. The largest absolute Gasteiger partial charge is 0.444 e. The molecule has 3 aliphatic heterocycles. The molecule has 84 heavy (non-hydrogen) atoms. The highest BCUT2D eigenvalue weighted by atomic mass is 19.1. The van der Waals surface area contributed by atoms with Gasteiger partial charge in [-0.3, -0.25) is 4.79 Å². The number of nitrogens with zero attached hydrogens (tertiary/aromatic N) is 13. The third-order valence-corrected chi connectivity index (χ3v) is 14.0. The number of amides is 2. The Morgan fingerprint density at radius 2 is 1.06 bits per heavy atom. The van der Waals surface area contributed by atoms with E-state index in [-0.39, 0.29) is 30.0 Å². The molecule has 21 nitrogen and oxygen atoms in total. The predicted octanol–water partition coefficient (Wildman–Crippen LogP) is 9.16. The summed E-state index contributed by atoms with van der Waals surface area (Å²) < 4.78 is 57.4. The van der Waals surface area contributed by atoms with Crippen molar-refractivity contribution < 1.29 is 32.2 Å². The van der Waals surface area contributed by atoms with Crippen LogP contribution >= 0.6 is 0 Å². The van der Waals surface area contributed by atoms with Crippen LogP contribution in [0.1, 0.15) is 91.5 Å². The van der Waals surface area contributed by atoms with Gasteiger partial charge in [-0.05, 0) is 154 Å². The van der Waals surface area contributed by atoms with Crippen LogP contribution in [-0.2, 0) is 22.3 Å². The van der Waals surface area contributed by atoms with Gasteiger partial charge < -0.3 is 35.3 Å². The number of carbonyl (C=O) groups excluding carboxylic acids is 2. The van der Waals surface area contributed by atoms with E-state index in [0.29, 0.717) is 72.8 Å². The minimum absolute atomic E-state index is 0.108. The Morgan fingerprint density at radius 3 is 1.55 bits per heavy atom. The zero-order valence-electron chi connectivity index (χ0n) is 48.1. The Morgan fingerprint density at radius 1 is 0.595 bits per heavy atom. The van der Waals surface area contributed by atoms with Crippen LogP contribution in [0.4, 0.5) is 22.8 Å². The van der Waals surface area contributed by atoms with Crippen LogP contribution in [0.15, 0.2) is 115 Å². The number of piperidine rings is 3. The first kappa shape index (κ1) is 60.0. The lowest BCUT2D eigenvalue weighted by Gasteiger charge is -2.34. The van der Waals surface area contributed by atoms with Crippen LogP contribution in [0.25, 0.3) is 50.7 Å². The molecule has 0 bridgehead atoms. The van der Waals surface area contributed by atoms with Gasteiger partial charge in [-0.25, -0.2) is 56.8 Å². The fourth-order valence-corrected chi connectivity index (χ4v) is 10.1. The second-order valence-electron chi connectivity index (χ2n) is 23.0. The van der Waals surface area contributed by atoms with Gasteiger partial charge in [0.2, 0.25) is 5.82 Å². The topological polar surface area (TPSA) is 246 Å². The molecule has 0 saturated carbocycles. The number of aromatic nitrogens is 12. The lowest BCUT2D eigenvalue weighted by molar-refractivity contribution is 0.0163. The summed E-state index contributed by atoms with van der Waals surface area (Å²) in [5, 5.41) is 16.1. The number of H-pyrrole nitrogens is 1. The maximum absolute atomic E-state index is 14.5. The van der Waals surface area contributed by atoms with E-state index in [1.165, 1.54) is 12.4 Å². The highest BCUT2D eigenvalue weighted by molar-refractivity contribution is 5.77. The van der Waals surface area contributed by atoms with Crippen molar-refractivity contribution in [3.63, 3.8) is 0 Å². The summed E-state index contributed by atoms with van der Waals surface area (Å²) in [5.74, 6) is 0.194. The highest BCUT2D eigenvalue weighted by Crippen LogP contribution is 2.28. The first-order valence-corrected chi connectivity index (χ1v) is 28.2. The van der Waals surface area contributed by atoms with E-state index >= 15 is 0 Å². The monoisotopic (exact) mass is 1150 g/mol. The summed E-state index contributed by atoms with van der Waals surface area (Å²) in [7, 11) is 0.